The number of carbonyl (C=O) groups is 2. The normalized spacial score (nSPS) is 23.4. The van der Waals surface area contributed by atoms with Crippen LogP contribution in [0, 0.1) is 6.92 Å². The molecule has 1 amide bonds. The fourth-order valence-corrected chi connectivity index (χ4v) is 2.23. The molecule has 2 unspecified atom stereocenters. The molecule has 7 nitrogen and oxygen atoms in total. The van der Waals surface area contributed by atoms with Gasteiger partial charge in [0, 0.05) is 20.0 Å². The third-order valence-electron chi connectivity index (χ3n) is 3.05. The smallest absolute Gasteiger partial charge is 0.326 e. The predicted octanol–water partition coefficient (Wildman–Crippen LogP) is -0.611. The molecule has 1 aromatic heterocycles. The van der Waals surface area contributed by atoms with Crippen LogP contribution in [0.2, 0.25) is 0 Å². The maximum atomic E-state index is 12.2. The van der Waals surface area contributed by atoms with Crippen molar-refractivity contribution in [3.63, 3.8) is 0 Å². The van der Waals surface area contributed by atoms with Crippen LogP contribution in [-0.4, -0.2) is 55.5 Å². The SMILES string of the molecule is Cc1cc(C(=O)N2CC(O)CC2C(=O)O)n(C)n1. The van der Waals surface area contributed by atoms with Crippen LogP contribution in [0.25, 0.3) is 0 Å². The van der Waals surface area contributed by atoms with Crippen LogP contribution in [-0.2, 0) is 11.8 Å². The second kappa shape index (κ2) is 4.41. The van der Waals surface area contributed by atoms with Crippen molar-refractivity contribution in [2.24, 2.45) is 7.05 Å². The van der Waals surface area contributed by atoms with E-state index in [0.717, 1.165) is 0 Å². The summed E-state index contributed by atoms with van der Waals surface area (Å²) in [7, 11) is 1.63. The lowest BCUT2D eigenvalue weighted by atomic mass is 10.2. The second-order valence-corrected chi connectivity index (χ2v) is 4.50. The van der Waals surface area contributed by atoms with Crippen molar-refractivity contribution in [1.82, 2.24) is 14.7 Å². The Kier molecular flexibility index (Phi) is 3.08. The highest BCUT2D eigenvalue weighted by atomic mass is 16.4. The molecule has 0 aliphatic carbocycles. The van der Waals surface area contributed by atoms with Crippen molar-refractivity contribution in [2.45, 2.75) is 25.5 Å². The number of aromatic nitrogens is 2. The molecular formula is C11H15N3O4. The Morgan fingerprint density at radius 3 is 2.67 bits per heavy atom. The number of aliphatic hydroxyl groups excluding tert-OH is 1. The first-order chi connectivity index (χ1) is 8.40. The number of carboxylic acids is 1. The first-order valence-electron chi connectivity index (χ1n) is 5.62. The molecule has 0 radical (unpaired) electrons. The monoisotopic (exact) mass is 253 g/mol. The average Bonchev–Trinajstić information content (AvgIpc) is 2.81. The van der Waals surface area contributed by atoms with E-state index in [1.807, 2.05) is 0 Å². The van der Waals surface area contributed by atoms with Crippen molar-refractivity contribution >= 4 is 11.9 Å². The van der Waals surface area contributed by atoms with E-state index in [-0.39, 0.29) is 13.0 Å². The van der Waals surface area contributed by atoms with Gasteiger partial charge < -0.3 is 15.1 Å². The average molecular weight is 253 g/mol. The molecule has 0 spiro atoms. The number of β-amino-alcohol motifs (C(OH)–C–C–N with tert-alkyl or cyclic N) is 1. The van der Waals surface area contributed by atoms with Crippen molar-refractivity contribution in [3.05, 3.63) is 17.5 Å². The van der Waals surface area contributed by atoms with Crippen molar-refractivity contribution in [3.8, 4) is 0 Å². The van der Waals surface area contributed by atoms with Gasteiger partial charge >= 0.3 is 5.97 Å². The van der Waals surface area contributed by atoms with E-state index in [0.29, 0.717) is 11.4 Å². The number of aliphatic hydroxyl groups is 1. The Labute approximate surface area is 104 Å². The number of carboxylic acid groups (broad SMARTS) is 1. The lowest BCUT2D eigenvalue weighted by molar-refractivity contribution is -0.141. The maximum absolute atomic E-state index is 12.2. The van der Waals surface area contributed by atoms with Gasteiger partial charge in [0.2, 0.25) is 0 Å². The first-order valence-corrected chi connectivity index (χ1v) is 5.62. The standard InChI is InChI=1S/C11H15N3O4/c1-6-3-8(13(2)12-6)10(16)14-5-7(15)4-9(14)11(17)18/h3,7,9,15H,4-5H2,1-2H3,(H,17,18). The van der Waals surface area contributed by atoms with E-state index in [2.05, 4.69) is 5.10 Å². The van der Waals surface area contributed by atoms with Crippen LogP contribution < -0.4 is 0 Å². The summed E-state index contributed by atoms with van der Waals surface area (Å²) >= 11 is 0. The highest BCUT2D eigenvalue weighted by Gasteiger charge is 2.40. The molecule has 0 saturated carbocycles. The summed E-state index contributed by atoms with van der Waals surface area (Å²) in [5.74, 6) is -1.51. The zero-order valence-electron chi connectivity index (χ0n) is 10.2. The van der Waals surface area contributed by atoms with Crippen LogP contribution in [0.4, 0.5) is 0 Å². The molecule has 1 aromatic rings. The Hall–Kier alpha value is -1.89. The summed E-state index contributed by atoms with van der Waals surface area (Å²) < 4.78 is 1.42. The number of aliphatic carboxylic acids is 1. The van der Waals surface area contributed by atoms with E-state index in [1.54, 1.807) is 20.0 Å². The number of amides is 1. The van der Waals surface area contributed by atoms with Gasteiger partial charge in [-0.25, -0.2) is 4.79 Å². The van der Waals surface area contributed by atoms with Crippen molar-refractivity contribution in [1.29, 1.82) is 0 Å². The molecular weight excluding hydrogens is 238 g/mol. The van der Waals surface area contributed by atoms with Crippen LogP contribution in [0.3, 0.4) is 0 Å². The minimum absolute atomic E-state index is 0.0417. The number of hydrogen-bond donors (Lipinski definition) is 2. The molecule has 2 rings (SSSR count). The summed E-state index contributed by atoms with van der Waals surface area (Å²) in [6.07, 6.45) is -0.720. The minimum atomic E-state index is -1.10. The lowest BCUT2D eigenvalue weighted by Gasteiger charge is -2.20. The van der Waals surface area contributed by atoms with E-state index in [1.165, 1.54) is 9.58 Å². The fraction of sp³-hybridized carbons (Fsp3) is 0.545. The Bertz CT molecular complexity index is 496. The molecule has 2 heterocycles. The number of nitrogens with zero attached hydrogens (tertiary/aromatic N) is 3. The highest BCUT2D eigenvalue weighted by molar-refractivity contribution is 5.95. The van der Waals surface area contributed by atoms with Crippen LogP contribution in [0.5, 0.6) is 0 Å². The van der Waals surface area contributed by atoms with Gasteiger partial charge in [-0.3, -0.25) is 9.48 Å². The predicted molar refractivity (Wildman–Crippen MR) is 61.0 cm³/mol. The quantitative estimate of drug-likeness (QED) is 0.733. The number of carbonyl (C=O) groups excluding carboxylic acids is 1. The summed E-state index contributed by atoms with van der Waals surface area (Å²) in [6.45, 7) is 1.80. The van der Waals surface area contributed by atoms with Gasteiger partial charge in [0.05, 0.1) is 11.8 Å². The van der Waals surface area contributed by atoms with E-state index >= 15 is 0 Å². The minimum Gasteiger partial charge on any atom is -0.480 e. The molecule has 2 atom stereocenters. The summed E-state index contributed by atoms with van der Waals surface area (Å²) in [5, 5.41) is 22.6. The van der Waals surface area contributed by atoms with Crippen molar-refractivity contribution < 1.29 is 19.8 Å². The van der Waals surface area contributed by atoms with Crippen LogP contribution in [0.1, 0.15) is 22.6 Å². The molecule has 98 valence electrons. The number of rotatable bonds is 2. The summed E-state index contributed by atoms with van der Waals surface area (Å²) in [4.78, 5) is 24.5. The molecule has 18 heavy (non-hydrogen) atoms. The van der Waals surface area contributed by atoms with Crippen LogP contribution >= 0.6 is 0 Å². The third kappa shape index (κ3) is 2.08. The molecule has 7 heteroatoms. The van der Waals surface area contributed by atoms with Gasteiger partial charge in [0.25, 0.3) is 5.91 Å². The first kappa shape index (κ1) is 12.6. The summed E-state index contributed by atoms with van der Waals surface area (Å²) in [6, 6.07) is 0.633. The van der Waals surface area contributed by atoms with Gasteiger partial charge in [-0.1, -0.05) is 0 Å². The fourth-order valence-electron chi connectivity index (χ4n) is 2.23. The number of hydrogen-bond acceptors (Lipinski definition) is 4. The van der Waals surface area contributed by atoms with E-state index < -0.39 is 24.0 Å². The Balaban J connectivity index is 2.28. The molecule has 1 saturated heterocycles. The Morgan fingerprint density at radius 2 is 2.17 bits per heavy atom. The lowest BCUT2D eigenvalue weighted by Crippen LogP contribution is -2.41. The molecule has 1 aliphatic heterocycles. The second-order valence-electron chi connectivity index (χ2n) is 4.50. The Morgan fingerprint density at radius 1 is 1.50 bits per heavy atom. The van der Waals surface area contributed by atoms with Gasteiger partial charge in [0.1, 0.15) is 11.7 Å². The zero-order valence-corrected chi connectivity index (χ0v) is 10.2. The van der Waals surface area contributed by atoms with Crippen LogP contribution in [0.15, 0.2) is 6.07 Å². The molecule has 0 bridgehead atoms. The largest absolute Gasteiger partial charge is 0.480 e. The van der Waals surface area contributed by atoms with Crippen molar-refractivity contribution in [2.75, 3.05) is 6.54 Å². The molecule has 1 fully saturated rings. The zero-order chi connectivity index (χ0) is 13.4. The highest BCUT2D eigenvalue weighted by Crippen LogP contribution is 2.21. The number of aryl methyl sites for hydroxylation is 2. The topological polar surface area (TPSA) is 95.7 Å². The van der Waals surface area contributed by atoms with Gasteiger partial charge in [-0.05, 0) is 13.0 Å². The van der Waals surface area contributed by atoms with E-state index in [4.69, 9.17) is 5.11 Å². The number of likely N-dealkylation sites (tertiary alicyclic amines) is 1. The summed E-state index contributed by atoms with van der Waals surface area (Å²) in [5.41, 5.74) is 1.01. The molecule has 2 N–H and O–H groups in total. The van der Waals surface area contributed by atoms with Gasteiger partial charge in [-0.2, -0.15) is 5.10 Å². The molecule has 1 aliphatic rings. The maximum Gasteiger partial charge on any atom is 0.326 e. The molecule has 0 aromatic carbocycles. The third-order valence-corrected chi connectivity index (χ3v) is 3.05. The van der Waals surface area contributed by atoms with E-state index in [9.17, 15) is 14.7 Å². The van der Waals surface area contributed by atoms with Gasteiger partial charge in [-0.15, -0.1) is 0 Å². The van der Waals surface area contributed by atoms with Gasteiger partial charge in [0.15, 0.2) is 0 Å².